The van der Waals surface area contributed by atoms with Crippen molar-refractivity contribution in [2.75, 3.05) is 19.7 Å². The lowest BCUT2D eigenvalue weighted by Gasteiger charge is -2.42. The van der Waals surface area contributed by atoms with Gasteiger partial charge in [-0.15, -0.1) is 0 Å². The number of benzene rings is 1. The molecular weight excluding hydrogens is 506 g/mol. The highest BCUT2D eigenvalue weighted by atomic mass is 16.6. The van der Waals surface area contributed by atoms with E-state index in [9.17, 15) is 24.5 Å². The van der Waals surface area contributed by atoms with Gasteiger partial charge in [0.2, 0.25) is 0 Å². The van der Waals surface area contributed by atoms with Gasteiger partial charge < -0.3 is 23.4 Å². The van der Waals surface area contributed by atoms with E-state index in [4.69, 9.17) is 13.9 Å². The van der Waals surface area contributed by atoms with E-state index in [2.05, 4.69) is 0 Å². The molecule has 0 radical (unpaired) electrons. The fourth-order valence-corrected chi connectivity index (χ4v) is 6.24. The Morgan fingerprint density at radius 1 is 1.21 bits per heavy atom. The van der Waals surface area contributed by atoms with E-state index in [1.54, 1.807) is 17.0 Å². The monoisotopic (exact) mass is 535 g/mol. The van der Waals surface area contributed by atoms with Crippen LogP contribution in [0.5, 0.6) is 11.5 Å². The van der Waals surface area contributed by atoms with Crippen LogP contribution in [0.3, 0.4) is 0 Å². The van der Waals surface area contributed by atoms with Gasteiger partial charge in [0.05, 0.1) is 10.3 Å². The summed E-state index contributed by atoms with van der Waals surface area (Å²) in [5, 5.41) is 11.9. The zero-order valence-corrected chi connectivity index (χ0v) is 22.0. The van der Waals surface area contributed by atoms with Crippen LogP contribution in [0.1, 0.15) is 49.4 Å². The number of likely N-dealkylation sites (tertiary alicyclic amines) is 1. The van der Waals surface area contributed by atoms with Crippen molar-refractivity contribution in [3.63, 3.8) is 0 Å². The molecule has 2 atom stereocenters. The topological polar surface area (TPSA) is 134 Å². The summed E-state index contributed by atoms with van der Waals surface area (Å²) in [7, 11) is 0. The van der Waals surface area contributed by atoms with E-state index >= 15 is 0 Å². The molecule has 0 spiro atoms. The molecule has 1 aromatic carbocycles. The number of ether oxygens (including phenoxy) is 2. The number of carbonyl (C=O) groups excluding carboxylic acids is 1. The summed E-state index contributed by atoms with van der Waals surface area (Å²) in [6.07, 6.45) is 2.27. The van der Waals surface area contributed by atoms with Gasteiger partial charge in [-0.1, -0.05) is 0 Å². The third-order valence-electron chi connectivity index (χ3n) is 8.09. The molecule has 0 aliphatic carbocycles. The SMILES string of the molecule is Cc1cc(=O)oc2c3c(cc(OCC(=O)N4C[C@H]5C[C@@H](C4)c4ccc([N+](=O)[O-])c(=O)n4C5)c12)OC(C)(C)CC3. The number of aryl methyl sites for hydroxylation is 2. The summed E-state index contributed by atoms with van der Waals surface area (Å²) in [5.74, 6) is 0.712. The van der Waals surface area contributed by atoms with Crippen LogP contribution in [0.4, 0.5) is 5.69 Å². The fourth-order valence-electron chi connectivity index (χ4n) is 6.24. The van der Waals surface area contributed by atoms with Crippen LogP contribution in [-0.2, 0) is 17.8 Å². The molecule has 3 aromatic rings. The average Bonchev–Trinajstić information content (AvgIpc) is 2.86. The predicted octanol–water partition coefficient (Wildman–Crippen LogP) is 3.30. The Labute approximate surface area is 223 Å². The molecule has 0 saturated carbocycles. The third kappa shape index (κ3) is 4.35. The Hall–Kier alpha value is -4.15. The molecule has 2 bridgehead atoms. The lowest BCUT2D eigenvalue weighted by Crippen LogP contribution is -2.50. The van der Waals surface area contributed by atoms with Crippen molar-refractivity contribution in [3.8, 4) is 11.5 Å². The molecular formula is C28H29N3O8. The van der Waals surface area contributed by atoms with E-state index in [-0.39, 0.29) is 30.0 Å². The lowest BCUT2D eigenvalue weighted by atomic mass is 9.83. The zero-order chi connectivity index (χ0) is 27.6. The Morgan fingerprint density at radius 3 is 2.77 bits per heavy atom. The van der Waals surface area contributed by atoms with Crippen molar-refractivity contribution >= 4 is 22.6 Å². The second-order valence-corrected chi connectivity index (χ2v) is 11.4. The molecule has 204 valence electrons. The smallest absolute Gasteiger partial charge is 0.336 e. The van der Waals surface area contributed by atoms with Gasteiger partial charge in [0, 0.05) is 55.0 Å². The van der Waals surface area contributed by atoms with Crippen LogP contribution >= 0.6 is 0 Å². The van der Waals surface area contributed by atoms with Gasteiger partial charge in [0.15, 0.2) is 6.61 Å². The predicted molar refractivity (Wildman–Crippen MR) is 141 cm³/mol. The molecule has 1 fully saturated rings. The van der Waals surface area contributed by atoms with Gasteiger partial charge in [-0.25, -0.2) is 4.79 Å². The van der Waals surface area contributed by atoms with Crippen LogP contribution < -0.4 is 20.7 Å². The molecule has 1 saturated heterocycles. The van der Waals surface area contributed by atoms with Crippen molar-refractivity contribution in [1.29, 1.82) is 0 Å². The molecule has 5 heterocycles. The number of nitro groups is 1. The number of pyridine rings is 1. The van der Waals surface area contributed by atoms with E-state index in [1.165, 1.54) is 16.7 Å². The highest BCUT2D eigenvalue weighted by Gasteiger charge is 2.38. The molecule has 0 unspecified atom stereocenters. The van der Waals surface area contributed by atoms with Crippen LogP contribution in [0, 0.1) is 23.0 Å². The lowest BCUT2D eigenvalue weighted by molar-refractivity contribution is -0.386. The first-order valence-corrected chi connectivity index (χ1v) is 13.1. The van der Waals surface area contributed by atoms with Gasteiger partial charge in [0.1, 0.15) is 22.7 Å². The molecule has 3 aliphatic heterocycles. The van der Waals surface area contributed by atoms with Crippen LogP contribution in [-0.4, -0.2) is 45.6 Å². The number of nitrogens with zero attached hydrogens (tertiary/aromatic N) is 3. The summed E-state index contributed by atoms with van der Waals surface area (Å²) < 4.78 is 19.4. The molecule has 11 heteroatoms. The van der Waals surface area contributed by atoms with Gasteiger partial charge in [-0.2, -0.15) is 0 Å². The maximum atomic E-state index is 13.3. The minimum atomic E-state index is -0.656. The molecule has 2 aromatic heterocycles. The second kappa shape index (κ2) is 8.96. The number of hydrogen-bond acceptors (Lipinski definition) is 8. The summed E-state index contributed by atoms with van der Waals surface area (Å²) in [6, 6.07) is 6.07. The molecule has 1 amide bonds. The standard InChI is InChI=1S/C28H29N3O8/c1-15-8-24(33)38-26-18-6-7-28(2,3)39-21(18)10-22(25(15)26)37-14-23(32)29-11-16-9-17(13-29)19-4-5-20(31(35)36)27(34)30(19)12-16/h4-5,8,10,16-17H,6-7,9,11-14H2,1-3H3/t16-,17+/m1/s1. The maximum absolute atomic E-state index is 13.3. The largest absolute Gasteiger partial charge is 0.487 e. The molecule has 39 heavy (non-hydrogen) atoms. The average molecular weight is 536 g/mol. The highest BCUT2D eigenvalue weighted by Crippen LogP contribution is 2.43. The van der Waals surface area contributed by atoms with Crippen LogP contribution in [0.15, 0.2) is 38.3 Å². The number of aromatic nitrogens is 1. The Morgan fingerprint density at radius 2 is 2.00 bits per heavy atom. The summed E-state index contributed by atoms with van der Waals surface area (Å²) in [6.45, 7) is 6.74. The van der Waals surface area contributed by atoms with Crippen LogP contribution in [0.2, 0.25) is 0 Å². The molecule has 11 nitrogen and oxygen atoms in total. The van der Waals surface area contributed by atoms with Crippen molar-refractivity contribution in [3.05, 3.63) is 72.0 Å². The van der Waals surface area contributed by atoms with Gasteiger partial charge in [0.25, 0.3) is 5.91 Å². The molecule has 0 N–H and O–H groups in total. The van der Waals surface area contributed by atoms with E-state index in [0.717, 1.165) is 18.4 Å². The van der Waals surface area contributed by atoms with E-state index in [0.29, 0.717) is 59.8 Å². The number of carbonyl (C=O) groups is 1. The van der Waals surface area contributed by atoms with Crippen molar-refractivity contribution in [2.24, 2.45) is 5.92 Å². The third-order valence-corrected chi connectivity index (χ3v) is 8.09. The van der Waals surface area contributed by atoms with Gasteiger partial charge in [-0.3, -0.25) is 19.7 Å². The molecule has 3 aliphatic rings. The quantitative estimate of drug-likeness (QED) is 0.282. The maximum Gasteiger partial charge on any atom is 0.336 e. The first-order chi connectivity index (χ1) is 18.5. The van der Waals surface area contributed by atoms with Gasteiger partial charge >= 0.3 is 16.9 Å². The normalized spacial score (nSPS) is 21.1. The summed E-state index contributed by atoms with van der Waals surface area (Å²) in [4.78, 5) is 50.5. The van der Waals surface area contributed by atoms with Gasteiger partial charge in [-0.05, 0) is 57.6 Å². The summed E-state index contributed by atoms with van der Waals surface area (Å²) >= 11 is 0. The fraction of sp³-hybridized carbons (Fsp3) is 0.464. The minimum absolute atomic E-state index is 0.0108. The summed E-state index contributed by atoms with van der Waals surface area (Å²) in [5.41, 5.74) is 0.789. The molecule has 6 rings (SSSR count). The minimum Gasteiger partial charge on any atom is -0.487 e. The van der Waals surface area contributed by atoms with Crippen molar-refractivity contribution in [1.82, 2.24) is 9.47 Å². The van der Waals surface area contributed by atoms with E-state index < -0.39 is 21.8 Å². The number of hydrogen-bond donors (Lipinski definition) is 0. The van der Waals surface area contributed by atoms with Crippen molar-refractivity contribution in [2.45, 2.75) is 58.1 Å². The second-order valence-electron chi connectivity index (χ2n) is 11.4. The Kier molecular flexibility index (Phi) is 5.78. The first-order valence-electron chi connectivity index (χ1n) is 13.1. The number of piperidine rings is 1. The number of fused-ring (bicyclic) bond motifs is 7. The Balaban J connectivity index is 1.25. The van der Waals surface area contributed by atoms with Crippen molar-refractivity contribution < 1.29 is 23.6 Å². The highest BCUT2D eigenvalue weighted by molar-refractivity contribution is 5.91. The Bertz CT molecular complexity index is 1650. The zero-order valence-electron chi connectivity index (χ0n) is 22.0. The van der Waals surface area contributed by atoms with E-state index in [1.807, 2.05) is 20.8 Å². The first kappa shape index (κ1) is 25.1. The van der Waals surface area contributed by atoms with Crippen LogP contribution in [0.25, 0.3) is 11.0 Å². The number of rotatable bonds is 4. The number of amides is 1.